The summed E-state index contributed by atoms with van der Waals surface area (Å²) < 4.78 is 0. The number of rotatable bonds is 7. The summed E-state index contributed by atoms with van der Waals surface area (Å²) in [6.07, 6.45) is 8.22. The van der Waals surface area contributed by atoms with Gasteiger partial charge in [-0.05, 0) is 19.0 Å². The first kappa shape index (κ1) is 12.9. The third kappa shape index (κ3) is 5.50. The van der Waals surface area contributed by atoms with Gasteiger partial charge in [0.15, 0.2) is 0 Å². The minimum absolute atomic E-state index is 0.597. The van der Waals surface area contributed by atoms with Gasteiger partial charge in [0.1, 0.15) is 0 Å². The molecular weight excluding hydrogens is 182 g/mol. The van der Waals surface area contributed by atoms with E-state index < -0.39 is 0 Å². The molecule has 0 aromatic heterocycles. The zero-order valence-corrected chi connectivity index (χ0v) is 11.0. The summed E-state index contributed by atoms with van der Waals surface area (Å²) in [5.74, 6) is 0. The maximum Gasteiger partial charge on any atom is 0.00212 e. The molecular formula is C10H24P2. The Morgan fingerprint density at radius 3 is 1.83 bits per heavy atom. The SMILES string of the molecule is CCCPC(P)(CCC)CCC. The molecule has 2 unspecified atom stereocenters. The second-order valence-electron chi connectivity index (χ2n) is 3.58. The molecule has 12 heavy (non-hydrogen) atoms. The zero-order chi connectivity index (χ0) is 9.45. The average molecular weight is 206 g/mol. The summed E-state index contributed by atoms with van der Waals surface area (Å²) >= 11 is 0. The Morgan fingerprint density at radius 1 is 1.00 bits per heavy atom. The van der Waals surface area contributed by atoms with Crippen LogP contribution < -0.4 is 0 Å². The molecule has 0 saturated carbocycles. The molecule has 2 atom stereocenters. The first-order valence-electron chi connectivity index (χ1n) is 5.22. The van der Waals surface area contributed by atoms with E-state index in [1.165, 1.54) is 38.3 Å². The summed E-state index contributed by atoms with van der Waals surface area (Å²) in [5, 5.41) is 0. The molecule has 0 aliphatic heterocycles. The van der Waals surface area contributed by atoms with E-state index in [1.54, 1.807) is 0 Å². The van der Waals surface area contributed by atoms with E-state index in [0.29, 0.717) is 4.90 Å². The average Bonchev–Trinajstić information content (AvgIpc) is 2.02. The Labute approximate surface area is 82.3 Å². The molecule has 0 radical (unpaired) electrons. The van der Waals surface area contributed by atoms with Gasteiger partial charge in [-0.15, -0.1) is 17.8 Å². The van der Waals surface area contributed by atoms with E-state index in [1.807, 2.05) is 0 Å². The monoisotopic (exact) mass is 206 g/mol. The Hall–Kier alpha value is 0.860. The lowest BCUT2D eigenvalue weighted by molar-refractivity contribution is 0.627. The van der Waals surface area contributed by atoms with Crippen LogP contribution in [-0.2, 0) is 0 Å². The van der Waals surface area contributed by atoms with Crippen LogP contribution in [0.5, 0.6) is 0 Å². The van der Waals surface area contributed by atoms with E-state index in [2.05, 4.69) is 30.0 Å². The van der Waals surface area contributed by atoms with Crippen LogP contribution in [0.2, 0.25) is 0 Å². The van der Waals surface area contributed by atoms with Crippen LogP contribution in [0.15, 0.2) is 0 Å². The van der Waals surface area contributed by atoms with Crippen molar-refractivity contribution in [3.63, 3.8) is 0 Å². The molecule has 74 valence electrons. The van der Waals surface area contributed by atoms with Gasteiger partial charge in [0.25, 0.3) is 0 Å². The molecule has 0 spiro atoms. The lowest BCUT2D eigenvalue weighted by Crippen LogP contribution is -2.13. The molecule has 0 saturated heterocycles. The third-order valence-electron chi connectivity index (χ3n) is 2.12. The summed E-state index contributed by atoms with van der Waals surface area (Å²) in [6, 6.07) is 0. The van der Waals surface area contributed by atoms with Crippen LogP contribution in [0.25, 0.3) is 0 Å². The van der Waals surface area contributed by atoms with Gasteiger partial charge in [-0.2, -0.15) is 0 Å². The number of hydrogen-bond donors (Lipinski definition) is 0. The highest BCUT2D eigenvalue weighted by molar-refractivity contribution is 7.51. The summed E-state index contributed by atoms with van der Waals surface area (Å²) in [4.78, 5) is 0.597. The Morgan fingerprint density at radius 2 is 1.50 bits per heavy atom. The van der Waals surface area contributed by atoms with Crippen LogP contribution >= 0.6 is 17.8 Å². The fraction of sp³-hybridized carbons (Fsp3) is 1.00. The maximum absolute atomic E-state index is 3.12. The highest BCUT2D eigenvalue weighted by atomic mass is 31.1. The lowest BCUT2D eigenvalue weighted by atomic mass is 10.1. The van der Waals surface area contributed by atoms with Crippen molar-refractivity contribution in [3.05, 3.63) is 0 Å². The Bertz CT molecular complexity index is 96.0. The van der Waals surface area contributed by atoms with Crippen molar-refractivity contribution in [1.82, 2.24) is 0 Å². The minimum atomic E-state index is 0.597. The van der Waals surface area contributed by atoms with Gasteiger partial charge >= 0.3 is 0 Å². The first-order valence-corrected chi connectivity index (χ1v) is 7.01. The van der Waals surface area contributed by atoms with Gasteiger partial charge in [-0.1, -0.05) is 40.0 Å². The topological polar surface area (TPSA) is 0 Å². The zero-order valence-electron chi connectivity index (χ0n) is 8.82. The fourth-order valence-electron chi connectivity index (χ4n) is 1.57. The molecule has 0 rings (SSSR count). The van der Waals surface area contributed by atoms with E-state index in [-0.39, 0.29) is 0 Å². The van der Waals surface area contributed by atoms with E-state index in [4.69, 9.17) is 0 Å². The predicted octanol–water partition coefficient (Wildman–Crippen LogP) is 4.25. The normalized spacial score (nSPS) is 13.0. The second kappa shape index (κ2) is 7.28. The van der Waals surface area contributed by atoms with Crippen molar-refractivity contribution in [2.45, 2.75) is 57.8 Å². The molecule has 0 nitrogen and oxygen atoms in total. The molecule has 0 heterocycles. The minimum Gasteiger partial charge on any atom is -0.127 e. The molecule has 0 amide bonds. The first-order chi connectivity index (χ1) is 5.68. The van der Waals surface area contributed by atoms with Gasteiger partial charge in [0.05, 0.1) is 0 Å². The molecule has 0 aliphatic rings. The number of hydrogen-bond acceptors (Lipinski definition) is 0. The van der Waals surface area contributed by atoms with Crippen LogP contribution in [0.3, 0.4) is 0 Å². The van der Waals surface area contributed by atoms with Gasteiger partial charge in [0.2, 0.25) is 0 Å². The van der Waals surface area contributed by atoms with Crippen molar-refractivity contribution in [3.8, 4) is 0 Å². The molecule has 0 N–H and O–H groups in total. The van der Waals surface area contributed by atoms with Crippen molar-refractivity contribution >= 4 is 17.8 Å². The van der Waals surface area contributed by atoms with Gasteiger partial charge in [-0.3, -0.25) is 0 Å². The molecule has 0 aromatic rings. The summed E-state index contributed by atoms with van der Waals surface area (Å²) in [6.45, 7) is 6.88. The van der Waals surface area contributed by atoms with Crippen LogP contribution in [0.1, 0.15) is 52.9 Å². The Balaban J connectivity index is 3.80. The molecule has 2 heteroatoms. The van der Waals surface area contributed by atoms with Gasteiger partial charge in [-0.25, -0.2) is 0 Å². The van der Waals surface area contributed by atoms with E-state index >= 15 is 0 Å². The lowest BCUT2D eigenvalue weighted by Gasteiger charge is -2.28. The standard InChI is InChI=1S/C10H24P2/c1-4-7-10(11,8-5-2)12-9-6-3/h12H,4-9,11H2,1-3H3. The van der Waals surface area contributed by atoms with Gasteiger partial charge < -0.3 is 0 Å². The summed E-state index contributed by atoms with van der Waals surface area (Å²) in [7, 11) is 4.27. The van der Waals surface area contributed by atoms with Crippen molar-refractivity contribution < 1.29 is 0 Å². The largest absolute Gasteiger partial charge is 0.127 e. The Kier molecular flexibility index (Phi) is 7.80. The van der Waals surface area contributed by atoms with E-state index in [9.17, 15) is 0 Å². The van der Waals surface area contributed by atoms with Crippen molar-refractivity contribution in [2.75, 3.05) is 6.16 Å². The van der Waals surface area contributed by atoms with Crippen LogP contribution in [0.4, 0.5) is 0 Å². The molecule has 0 bridgehead atoms. The molecule has 0 aromatic carbocycles. The van der Waals surface area contributed by atoms with Gasteiger partial charge in [0, 0.05) is 4.90 Å². The molecule has 0 aliphatic carbocycles. The quantitative estimate of drug-likeness (QED) is 0.546. The predicted molar refractivity (Wildman–Crippen MR) is 65.7 cm³/mol. The van der Waals surface area contributed by atoms with Crippen LogP contribution in [0, 0.1) is 0 Å². The maximum atomic E-state index is 3.12. The van der Waals surface area contributed by atoms with Crippen molar-refractivity contribution in [1.29, 1.82) is 0 Å². The van der Waals surface area contributed by atoms with Crippen LogP contribution in [-0.4, -0.2) is 11.1 Å². The molecule has 0 fully saturated rings. The second-order valence-corrected chi connectivity index (χ2v) is 7.11. The smallest absolute Gasteiger partial charge is 0.00212 e. The van der Waals surface area contributed by atoms with E-state index in [0.717, 1.165) is 8.58 Å². The van der Waals surface area contributed by atoms with Crippen molar-refractivity contribution in [2.24, 2.45) is 0 Å². The highest BCUT2D eigenvalue weighted by Crippen LogP contribution is 2.45. The highest BCUT2D eigenvalue weighted by Gasteiger charge is 2.20. The third-order valence-corrected chi connectivity index (χ3v) is 5.26. The summed E-state index contributed by atoms with van der Waals surface area (Å²) in [5.41, 5.74) is 0. The fourth-order valence-corrected chi connectivity index (χ4v) is 4.18.